The van der Waals surface area contributed by atoms with Crippen LogP contribution in [0.1, 0.15) is 16.2 Å². The average molecular weight is 281 g/mol. The van der Waals surface area contributed by atoms with Gasteiger partial charge in [0.05, 0.1) is 6.33 Å². The molecule has 100 valence electrons. The maximum Gasteiger partial charge on any atom is 0.326 e. The fourth-order valence-electron chi connectivity index (χ4n) is 1.44. The molecule has 1 amide bonds. The summed E-state index contributed by atoms with van der Waals surface area (Å²) in [4.78, 5) is 33.3. The Labute approximate surface area is 111 Å². The van der Waals surface area contributed by atoms with E-state index in [1.54, 1.807) is 0 Å². The van der Waals surface area contributed by atoms with Crippen molar-refractivity contribution in [1.82, 2.24) is 20.3 Å². The third-order valence-electron chi connectivity index (χ3n) is 2.34. The van der Waals surface area contributed by atoms with Crippen molar-refractivity contribution in [2.45, 2.75) is 12.5 Å². The molecule has 2 rings (SSSR count). The van der Waals surface area contributed by atoms with Crippen molar-refractivity contribution in [3.63, 3.8) is 0 Å². The summed E-state index contributed by atoms with van der Waals surface area (Å²) in [5, 5.41) is 13.2. The Morgan fingerprint density at radius 3 is 2.89 bits per heavy atom. The van der Waals surface area contributed by atoms with Crippen LogP contribution in [0.4, 0.5) is 5.13 Å². The standard InChI is InChI=1S/C10H11N5O3S/c11-10-15-7(3-19-10)8(16)14-6(9(17)18)1-5-2-12-4-13-5/h2-4,6H,1H2,(H2,11,15)(H,12,13)(H,14,16)(H,17,18)/t6-/m0/s1. The maximum absolute atomic E-state index is 11.8. The Hall–Kier alpha value is -2.42. The van der Waals surface area contributed by atoms with Crippen molar-refractivity contribution in [2.24, 2.45) is 0 Å². The molecule has 0 aliphatic heterocycles. The minimum atomic E-state index is -1.13. The number of anilines is 1. The van der Waals surface area contributed by atoms with Gasteiger partial charge in [0.2, 0.25) is 0 Å². The van der Waals surface area contributed by atoms with Gasteiger partial charge in [-0.2, -0.15) is 0 Å². The summed E-state index contributed by atoms with van der Waals surface area (Å²) in [5.41, 5.74) is 6.14. The van der Waals surface area contributed by atoms with Crippen LogP contribution >= 0.6 is 11.3 Å². The van der Waals surface area contributed by atoms with Crippen LogP contribution in [0.3, 0.4) is 0 Å². The molecule has 0 aromatic carbocycles. The minimum absolute atomic E-state index is 0.110. The largest absolute Gasteiger partial charge is 0.480 e. The number of hydrogen-bond acceptors (Lipinski definition) is 6. The van der Waals surface area contributed by atoms with Crippen LogP contribution in [0, 0.1) is 0 Å². The van der Waals surface area contributed by atoms with Crippen LogP contribution in [0.2, 0.25) is 0 Å². The van der Waals surface area contributed by atoms with E-state index in [-0.39, 0.29) is 17.2 Å². The predicted molar refractivity (Wildman–Crippen MR) is 67.7 cm³/mol. The molecule has 0 fully saturated rings. The molecule has 0 aliphatic carbocycles. The smallest absolute Gasteiger partial charge is 0.326 e. The number of carbonyl (C=O) groups is 2. The summed E-state index contributed by atoms with van der Waals surface area (Å²) in [6, 6.07) is -1.06. The summed E-state index contributed by atoms with van der Waals surface area (Å²) in [6.07, 6.45) is 3.06. The Balaban J connectivity index is 2.04. The van der Waals surface area contributed by atoms with Gasteiger partial charge in [0.15, 0.2) is 5.13 Å². The van der Waals surface area contributed by atoms with Crippen molar-refractivity contribution in [3.05, 3.63) is 29.3 Å². The summed E-state index contributed by atoms with van der Waals surface area (Å²) < 4.78 is 0. The van der Waals surface area contributed by atoms with Crippen molar-refractivity contribution in [1.29, 1.82) is 0 Å². The van der Waals surface area contributed by atoms with Gasteiger partial charge in [0.1, 0.15) is 11.7 Å². The third-order valence-corrected chi connectivity index (χ3v) is 3.01. The van der Waals surface area contributed by atoms with E-state index in [0.29, 0.717) is 5.69 Å². The lowest BCUT2D eigenvalue weighted by atomic mass is 10.1. The minimum Gasteiger partial charge on any atom is -0.480 e. The van der Waals surface area contributed by atoms with E-state index >= 15 is 0 Å². The quantitative estimate of drug-likeness (QED) is 0.603. The number of nitrogen functional groups attached to an aromatic ring is 1. The highest BCUT2D eigenvalue weighted by Gasteiger charge is 2.22. The number of carboxylic acids is 1. The van der Waals surface area contributed by atoms with Crippen LogP contribution in [-0.2, 0) is 11.2 Å². The van der Waals surface area contributed by atoms with Gasteiger partial charge in [0, 0.05) is 23.7 Å². The molecule has 19 heavy (non-hydrogen) atoms. The fraction of sp³-hybridized carbons (Fsp3) is 0.200. The zero-order valence-electron chi connectivity index (χ0n) is 9.66. The molecular formula is C10H11N5O3S. The summed E-state index contributed by atoms with van der Waals surface area (Å²) in [6.45, 7) is 0. The molecule has 2 aromatic heterocycles. The molecule has 0 saturated carbocycles. The van der Waals surface area contributed by atoms with Crippen molar-refractivity contribution in [2.75, 3.05) is 5.73 Å². The molecular weight excluding hydrogens is 270 g/mol. The number of carbonyl (C=O) groups excluding carboxylic acids is 1. The van der Waals surface area contributed by atoms with Gasteiger partial charge in [-0.05, 0) is 0 Å². The number of aromatic nitrogens is 3. The number of aliphatic carboxylic acids is 1. The number of carboxylic acid groups (broad SMARTS) is 1. The van der Waals surface area contributed by atoms with Gasteiger partial charge >= 0.3 is 5.97 Å². The highest BCUT2D eigenvalue weighted by molar-refractivity contribution is 7.13. The molecule has 2 heterocycles. The number of nitrogens with one attached hydrogen (secondary N) is 2. The number of rotatable bonds is 5. The average Bonchev–Trinajstić information content (AvgIpc) is 2.99. The normalized spacial score (nSPS) is 12.0. The second-order valence-electron chi connectivity index (χ2n) is 3.72. The molecule has 0 spiro atoms. The van der Waals surface area contributed by atoms with E-state index in [9.17, 15) is 9.59 Å². The van der Waals surface area contributed by atoms with Crippen molar-refractivity contribution >= 4 is 28.3 Å². The van der Waals surface area contributed by atoms with E-state index in [0.717, 1.165) is 11.3 Å². The fourth-order valence-corrected chi connectivity index (χ4v) is 1.98. The number of nitrogens with zero attached hydrogens (tertiary/aromatic N) is 2. The zero-order valence-corrected chi connectivity index (χ0v) is 10.5. The molecule has 9 heteroatoms. The van der Waals surface area contributed by atoms with Gasteiger partial charge in [-0.1, -0.05) is 0 Å². The van der Waals surface area contributed by atoms with E-state index < -0.39 is 17.9 Å². The zero-order chi connectivity index (χ0) is 13.8. The Bertz CT molecular complexity index is 580. The number of amides is 1. The number of H-pyrrole nitrogens is 1. The molecule has 0 bridgehead atoms. The van der Waals surface area contributed by atoms with Gasteiger partial charge in [-0.25, -0.2) is 14.8 Å². The molecule has 0 aliphatic rings. The van der Waals surface area contributed by atoms with Crippen LogP contribution in [0.15, 0.2) is 17.9 Å². The molecule has 0 unspecified atom stereocenters. The first-order valence-electron chi connectivity index (χ1n) is 5.28. The summed E-state index contributed by atoms with van der Waals surface area (Å²) in [5.74, 6) is -1.70. The van der Waals surface area contributed by atoms with Crippen molar-refractivity contribution < 1.29 is 14.7 Å². The number of thiazole rings is 1. The maximum atomic E-state index is 11.8. The number of aromatic amines is 1. The Morgan fingerprint density at radius 2 is 2.37 bits per heavy atom. The monoisotopic (exact) mass is 281 g/mol. The van der Waals surface area contributed by atoms with Crippen LogP contribution in [-0.4, -0.2) is 38.0 Å². The second kappa shape index (κ2) is 5.48. The molecule has 1 atom stereocenters. The number of imidazole rings is 1. The van der Waals surface area contributed by atoms with Gasteiger partial charge in [-0.15, -0.1) is 11.3 Å². The first kappa shape index (κ1) is 13.0. The predicted octanol–water partition coefficient (Wildman–Crippen LogP) is -0.126. The van der Waals surface area contributed by atoms with Crippen LogP contribution in [0.5, 0.6) is 0 Å². The Kier molecular flexibility index (Phi) is 3.76. The molecule has 0 radical (unpaired) electrons. The van der Waals surface area contributed by atoms with Gasteiger partial charge in [0.25, 0.3) is 5.91 Å². The molecule has 2 aromatic rings. The van der Waals surface area contributed by atoms with Gasteiger partial charge in [-0.3, -0.25) is 4.79 Å². The van der Waals surface area contributed by atoms with Gasteiger partial charge < -0.3 is 21.1 Å². The van der Waals surface area contributed by atoms with Crippen molar-refractivity contribution in [3.8, 4) is 0 Å². The van der Waals surface area contributed by atoms with E-state index in [2.05, 4.69) is 20.3 Å². The molecule has 0 saturated heterocycles. The van der Waals surface area contributed by atoms with E-state index in [1.807, 2.05) is 0 Å². The van der Waals surface area contributed by atoms with E-state index in [1.165, 1.54) is 17.9 Å². The first-order valence-corrected chi connectivity index (χ1v) is 6.16. The SMILES string of the molecule is Nc1nc(C(=O)N[C@@H](Cc2cnc[nH]2)C(=O)O)cs1. The lowest BCUT2D eigenvalue weighted by Gasteiger charge is -2.12. The van der Waals surface area contributed by atoms with Crippen LogP contribution < -0.4 is 11.1 Å². The summed E-state index contributed by atoms with van der Waals surface area (Å²) in [7, 11) is 0. The first-order chi connectivity index (χ1) is 9.06. The highest BCUT2D eigenvalue weighted by atomic mass is 32.1. The topological polar surface area (TPSA) is 134 Å². The third kappa shape index (κ3) is 3.28. The molecule has 5 N–H and O–H groups in total. The highest BCUT2D eigenvalue weighted by Crippen LogP contribution is 2.11. The number of hydrogen-bond donors (Lipinski definition) is 4. The lowest BCUT2D eigenvalue weighted by Crippen LogP contribution is -2.42. The second-order valence-corrected chi connectivity index (χ2v) is 4.61. The molecule has 8 nitrogen and oxygen atoms in total. The van der Waals surface area contributed by atoms with Crippen LogP contribution in [0.25, 0.3) is 0 Å². The number of nitrogens with two attached hydrogens (primary N) is 1. The Morgan fingerprint density at radius 1 is 1.58 bits per heavy atom. The summed E-state index contributed by atoms with van der Waals surface area (Å²) >= 11 is 1.12. The van der Waals surface area contributed by atoms with E-state index in [4.69, 9.17) is 10.8 Å². The lowest BCUT2D eigenvalue weighted by molar-refractivity contribution is -0.139.